The quantitative estimate of drug-likeness (QED) is 0.634. The van der Waals surface area contributed by atoms with Gasteiger partial charge in [0.1, 0.15) is 0 Å². The van der Waals surface area contributed by atoms with Crippen LogP contribution in [0.1, 0.15) is 52.4 Å². The summed E-state index contributed by atoms with van der Waals surface area (Å²) in [4.78, 5) is 33.7. The van der Waals surface area contributed by atoms with E-state index >= 15 is 0 Å². The van der Waals surface area contributed by atoms with Crippen LogP contribution in [0.4, 0.5) is 4.79 Å². The second-order valence-electron chi connectivity index (χ2n) is 5.71. The van der Waals surface area contributed by atoms with Gasteiger partial charge in [0.15, 0.2) is 0 Å². The largest absolute Gasteiger partial charge is 0.481 e. The molecule has 0 aromatic carbocycles. The van der Waals surface area contributed by atoms with Crippen molar-refractivity contribution in [2.45, 2.75) is 58.4 Å². The molecule has 20 heavy (non-hydrogen) atoms. The molecule has 6 nitrogen and oxygen atoms in total. The highest BCUT2D eigenvalue weighted by atomic mass is 16.4. The van der Waals surface area contributed by atoms with Gasteiger partial charge in [-0.2, -0.15) is 0 Å². The number of carbonyl (C=O) groups excluding carboxylic acids is 2. The summed E-state index contributed by atoms with van der Waals surface area (Å²) in [7, 11) is 0. The van der Waals surface area contributed by atoms with E-state index in [1.54, 1.807) is 6.92 Å². The molecule has 0 heterocycles. The van der Waals surface area contributed by atoms with Crippen LogP contribution in [-0.4, -0.2) is 29.1 Å². The summed E-state index contributed by atoms with van der Waals surface area (Å²) < 4.78 is 0. The molecule has 1 rings (SSSR count). The third-order valence-electron chi connectivity index (χ3n) is 3.45. The normalized spacial score (nSPS) is 17.1. The molecular weight excluding hydrogens is 260 g/mol. The number of amides is 3. The lowest BCUT2D eigenvalue weighted by Gasteiger charge is -2.17. The number of hydrogen-bond acceptors (Lipinski definition) is 3. The summed E-state index contributed by atoms with van der Waals surface area (Å²) in [5.41, 5.74) is 0. The molecule has 1 aliphatic carbocycles. The fraction of sp³-hybridized carbons (Fsp3) is 0.786. The predicted molar refractivity (Wildman–Crippen MR) is 74.1 cm³/mol. The fourth-order valence-electron chi connectivity index (χ4n) is 2.17. The van der Waals surface area contributed by atoms with Crippen molar-refractivity contribution in [2.24, 2.45) is 11.8 Å². The highest BCUT2D eigenvalue weighted by Crippen LogP contribution is 2.33. The predicted octanol–water partition coefficient (Wildman–Crippen LogP) is 1.89. The zero-order valence-electron chi connectivity index (χ0n) is 12.1. The van der Waals surface area contributed by atoms with Crippen LogP contribution >= 0.6 is 0 Å². The molecule has 2 atom stereocenters. The van der Waals surface area contributed by atoms with Crippen LogP contribution in [0.5, 0.6) is 0 Å². The van der Waals surface area contributed by atoms with E-state index in [1.807, 2.05) is 6.92 Å². The monoisotopic (exact) mass is 284 g/mol. The average Bonchev–Trinajstić information content (AvgIpc) is 3.10. The lowest BCUT2D eigenvalue weighted by Crippen LogP contribution is -2.44. The average molecular weight is 284 g/mol. The molecule has 0 radical (unpaired) electrons. The van der Waals surface area contributed by atoms with E-state index in [4.69, 9.17) is 5.11 Å². The maximum atomic E-state index is 11.7. The van der Waals surface area contributed by atoms with Crippen molar-refractivity contribution >= 4 is 17.9 Å². The minimum atomic E-state index is -0.940. The van der Waals surface area contributed by atoms with Crippen LogP contribution in [0.2, 0.25) is 0 Å². The van der Waals surface area contributed by atoms with Crippen molar-refractivity contribution < 1.29 is 19.5 Å². The number of carboxylic acid groups (broad SMARTS) is 1. The van der Waals surface area contributed by atoms with E-state index in [9.17, 15) is 14.4 Å². The smallest absolute Gasteiger partial charge is 0.321 e. The fourth-order valence-corrected chi connectivity index (χ4v) is 2.17. The van der Waals surface area contributed by atoms with Crippen LogP contribution in [0, 0.1) is 11.8 Å². The number of urea groups is 1. The van der Waals surface area contributed by atoms with E-state index < -0.39 is 17.9 Å². The van der Waals surface area contributed by atoms with Gasteiger partial charge in [-0.1, -0.05) is 26.7 Å². The number of carboxylic acids is 1. The molecule has 3 N–H and O–H groups in total. The molecule has 0 bridgehead atoms. The third-order valence-corrected chi connectivity index (χ3v) is 3.45. The number of nitrogens with one attached hydrogen (secondary N) is 2. The third kappa shape index (κ3) is 7.11. The maximum Gasteiger partial charge on any atom is 0.321 e. The molecule has 3 amide bonds. The molecule has 6 heteroatoms. The molecule has 0 aromatic heterocycles. The van der Waals surface area contributed by atoms with Crippen molar-refractivity contribution in [3.8, 4) is 0 Å². The minimum Gasteiger partial charge on any atom is -0.481 e. The van der Waals surface area contributed by atoms with Gasteiger partial charge < -0.3 is 10.4 Å². The Hall–Kier alpha value is -1.59. The molecule has 0 aliphatic heterocycles. The lowest BCUT2D eigenvalue weighted by molar-refractivity contribution is -0.138. The van der Waals surface area contributed by atoms with Crippen molar-refractivity contribution in [3.05, 3.63) is 0 Å². The molecule has 1 saturated carbocycles. The Kier molecular flexibility index (Phi) is 6.48. The Labute approximate surface area is 119 Å². The van der Waals surface area contributed by atoms with Crippen LogP contribution < -0.4 is 10.6 Å². The Bertz CT molecular complexity index is 366. The van der Waals surface area contributed by atoms with Crippen LogP contribution in [-0.2, 0) is 9.59 Å². The summed E-state index contributed by atoms with van der Waals surface area (Å²) in [6, 6.07) is -0.378. The van der Waals surface area contributed by atoms with Crippen molar-refractivity contribution in [3.63, 3.8) is 0 Å². The molecule has 0 saturated heterocycles. The first-order valence-electron chi connectivity index (χ1n) is 7.22. The van der Waals surface area contributed by atoms with Gasteiger partial charge in [0, 0.05) is 18.9 Å². The van der Waals surface area contributed by atoms with Crippen LogP contribution in [0.15, 0.2) is 0 Å². The van der Waals surface area contributed by atoms with Crippen molar-refractivity contribution in [1.82, 2.24) is 10.6 Å². The Morgan fingerprint density at radius 1 is 1.25 bits per heavy atom. The van der Waals surface area contributed by atoms with E-state index in [2.05, 4.69) is 10.6 Å². The number of hydrogen-bond donors (Lipinski definition) is 3. The molecule has 0 aromatic rings. The van der Waals surface area contributed by atoms with Crippen molar-refractivity contribution in [2.75, 3.05) is 0 Å². The Morgan fingerprint density at radius 3 is 2.40 bits per heavy atom. The standard InChI is InChI=1S/C14H24N2O4/c1-3-11(8-10-4-5-10)15-14(20)16-12(17)6-9(2)7-13(18)19/h9-11H,3-8H2,1-2H3,(H,18,19)(H2,15,16,17,20). The summed E-state index contributed by atoms with van der Waals surface area (Å²) in [5, 5.41) is 13.7. The molecule has 114 valence electrons. The van der Waals surface area contributed by atoms with Gasteiger partial charge in [0.2, 0.25) is 5.91 Å². The molecule has 1 fully saturated rings. The SMILES string of the molecule is CCC(CC1CC1)NC(=O)NC(=O)CC(C)CC(=O)O. The zero-order chi connectivity index (χ0) is 15.1. The molecule has 1 aliphatic rings. The van der Waals surface area contributed by atoms with Gasteiger partial charge >= 0.3 is 12.0 Å². The second-order valence-corrected chi connectivity index (χ2v) is 5.71. The van der Waals surface area contributed by atoms with Crippen molar-refractivity contribution in [1.29, 1.82) is 0 Å². The highest BCUT2D eigenvalue weighted by Gasteiger charge is 2.25. The summed E-state index contributed by atoms with van der Waals surface area (Å²) in [6.45, 7) is 3.68. The van der Waals surface area contributed by atoms with Gasteiger partial charge in [-0.25, -0.2) is 4.79 Å². The summed E-state index contributed by atoms with van der Waals surface area (Å²) >= 11 is 0. The summed E-state index contributed by atoms with van der Waals surface area (Å²) in [5.74, 6) is -0.942. The lowest BCUT2D eigenvalue weighted by atomic mass is 10.0. The molecular formula is C14H24N2O4. The first-order valence-corrected chi connectivity index (χ1v) is 7.22. The van der Waals surface area contributed by atoms with Gasteiger partial charge in [0.25, 0.3) is 0 Å². The van der Waals surface area contributed by atoms with Gasteiger partial charge in [0.05, 0.1) is 0 Å². The van der Waals surface area contributed by atoms with Gasteiger partial charge in [-0.15, -0.1) is 0 Å². The van der Waals surface area contributed by atoms with E-state index in [-0.39, 0.29) is 24.8 Å². The number of aliphatic carboxylic acids is 1. The van der Waals surface area contributed by atoms with E-state index in [0.717, 1.165) is 12.8 Å². The first-order chi connectivity index (χ1) is 9.40. The van der Waals surface area contributed by atoms with E-state index in [0.29, 0.717) is 5.92 Å². The minimum absolute atomic E-state index is 0.0408. The van der Waals surface area contributed by atoms with Crippen LogP contribution in [0.25, 0.3) is 0 Å². The number of carbonyl (C=O) groups is 3. The maximum absolute atomic E-state index is 11.7. The molecule has 2 unspecified atom stereocenters. The van der Waals surface area contributed by atoms with Crippen LogP contribution in [0.3, 0.4) is 0 Å². The zero-order valence-corrected chi connectivity index (χ0v) is 12.1. The Balaban J connectivity index is 2.25. The second kappa shape index (κ2) is 7.87. The topological polar surface area (TPSA) is 95.5 Å². The van der Waals surface area contributed by atoms with Gasteiger partial charge in [-0.3, -0.25) is 14.9 Å². The van der Waals surface area contributed by atoms with Gasteiger partial charge in [-0.05, 0) is 24.7 Å². The Morgan fingerprint density at radius 2 is 1.90 bits per heavy atom. The number of rotatable bonds is 8. The number of imide groups is 1. The molecule has 0 spiro atoms. The van der Waals surface area contributed by atoms with E-state index in [1.165, 1.54) is 12.8 Å². The highest BCUT2D eigenvalue weighted by molar-refractivity contribution is 5.94. The first kappa shape index (κ1) is 16.5. The summed E-state index contributed by atoms with van der Waals surface area (Å²) in [6.07, 6.45) is 4.23.